The first kappa shape index (κ1) is 18.1. The average Bonchev–Trinajstić information content (AvgIpc) is 3.61. The fourth-order valence-corrected chi connectivity index (χ4v) is 4.28. The lowest BCUT2D eigenvalue weighted by atomic mass is 10.1. The van der Waals surface area contributed by atoms with Gasteiger partial charge in [-0.25, -0.2) is 9.97 Å². The van der Waals surface area contributed by atoms with Crippen molar-refractivity contribution in [3.8, 4) is 23.0 Å². The Hall–Kier alpha value is -3.74. The summed E-state index contributed by atoms with van der Waals surface area (Å²) in [4.78, 5) is 13.6. The molecular weight excluding hydrogens is 390 g/mol. The number of hydrogen-bond acceptors (Lipinski definition) is 6. The largest absolute Gasteiger partial charge is 0.448 e. The lowest BCUT2D eigenvalue weighted by molar-refractivity contribution is 0.430. The Morgan fingerprint density at radius 3 is 2.68 bits per heavy atom. The maximum absolute atomic E-state index is 5.67. The molecule has 1 aliphatic carbocycles. The number of nitrogens with zero attached hydrogens (tertiary/aromatic N) is 5. The summed E-state index contributed by atoms with van der Waals surface area (Å²) < 4.78 is 13.3. The van der Waals surface area contributed by atoms with Gasteiger partial charge in [0.05, 0.1) is 17.4 Å². The van der Waals surface area contributed by atoms with Gasteiger partial charge in [-0.05, 0) is 30.5 Å². The van der Waals surface area contributed by atoms with Crippen molar-refractivity contribution in [2.75, 3.05) is 0 Å². The quantitative estimate of drug-likeness (QED) is 0.383. The first-order valence-electron chi connectivity index (χ1n) is 10.6. The SMILES string of the molecule is c1ccc2c(c1)ncn2Cc1ccc(-c2noc(-c3coc(C4CCCC4)n3)n2)cc1. The van der Waals surface area contributed by atoms with Crippen LogP contribution in [0.2, 0.25) is 0 Å². The van der Waals surface area contributed by atoms with E-state index < -0.39 is 0 Å². The van der Waals surface area contributed by atoms with Crippen LogP contribution in [-0.2, 0) is 6.54 Å². The van der Waals surface area contributed by atoms with Crippen molar-refractivity contribution < 1.29 is 8.94 Å². The normalized spacial score (nSPS) is 14.6. The molecule has 3 aromatic heterocycles. The minimum absolute atomic E-state index is 0.386. The molecule has 1 fully saturated rings. The first-order valence-corrected chi connectivity index (χ1v) is 10.6. The van der Waals surface area contributed by atoms with Crippen LogP contribution in [0, 0.1) is 0 Å². The predicted molar refractivity (Wildman–Crippen MR) is 115 cm³/mol. The third kappa shape index (κ3) is 3.42. The number of hydrogen-bond donors (Lipinski definition) is 0. The summed E-state index contributed by atoms with van der Waals surface area (Å²) >= 11 is 0. The first-order chi connectivity index (χ1) is 15.3. The number of benzene rings is 2. The van der Waals surface area contributed by atoms with Crippen molar-refractivity contribution in [2.45, 2.75) is 38.1 Å². The molecule has 3 heterocycles. The Kier molecular flexibility index (Phi) is 4.37. The predicted octanol–water partition coefficient (Wildman–Crippen LogP) is 5.45. The standard InChI is InChI=1S/C24H21N5O2/c1-2-6-18(5-1)23-26-20(14-30-23)24-27-22(28-31-24)17-11-9-16(10-12-17)13-29-15-25-19-7-3-4-8-21(19)29/h3-4,7-12,14-15,18H,1-2,5-6,13H2. The monoisotopic (exact) mass is 411 g/mol. The molecular formula is C24H21N5O2. The zero-order valence-corrected chi connectivity index (χ0v) is 16.9. The Labute approximate surface area is 178 Å². The summed E-state index contributed by atoms with van der Waals surface area (Å²) in [7, 11) is 0. The van der Waals surface area contributed by atoms with Gasteiger partial charge in [0, 0.05) is 18.0 Å². The molecule has 0 N–H and O–H groups in total. The van der Waals surface area contributed by atoms with Gasteiger partial charge in [0.15, 0.2) is 11.6 Å². The van der Waals surface area contributed by atoms with Gasteiger partial charge in [-0.2, -0.15) is 4.98 Å². The minimum atomic E-state index is 0.386. The molecule has 31 heavy (non-hydrogen) atoms. The summed E-state index contributed by atoms with van der Waals surface area (Å²) in [6.45, 7) is 0.751. The number of rotatable bonds is 5. The zero-order valence-electron chi connectivity index (χ0n) is 16.9. The maximum Gasteiger partial charge on any atom is 0.280 e. The van der Waals surface area contributed by atoms with Crippen LogP contribution < -0.4 is 0 Å². The molecule has 7 nitrogen and oxygen atoms in total. The van der Waals surface area contributed by atoms with Gasteiger partial charge in [-0.1, -0.05) is 54.4 Å². The highest BCUT2D eigenvalue weighted by atomic mass is 16.5. The van der Waals surface area contributed by atoms with Gasteiger partial charge in [0.2, 0.25) is 5.82 Å². The average molecular weight is 411 g/mol. The van der Waals surface area contributed by atoms with Crippen molar-refractivity contribution in [1.29, 1.82) is 0 Å². The molecule has 0 atom stereocenters. The van der Waals surface area contributed by atoms with Crippen LogP contribution in [-0.4, -0.2) is 24.7 Å². The highest BCUT2D eigenvalue weighted by Gasteiger charge is 2.23. The molecule has 0 saturated heterocycles. The van der Waals surface area contributed by atoms with E-state index >= 15 is 0 Å². The molecule has 0 aliphatic heterocycles. The minimum Gasteiger partial charge on any atom is -0.448 e. The van der Waals surface area contributed by atoms with Crippen LogP contribution >= 0.6 is 0 Å². The van der Waals surface area contributed by atoms with Gasteiger partial charge >= 0.3 is 0 Å². The van der Waals surface area contributed by atoms with E-state index in [-0.39, 0.29) is 0 Å². The number of imidazole rings is 1. The van der Waals surface area contributed by atoms with Crippen molar-refractivity contribution in [3.63, 3.8) is 0 Å². The van der Waals surface area contributed by atoms with Gasteiger partial charge in [-0.15, -0.1) is 0 Å². The lowest BCUT2D eigenvalue weighted by Gasteiger charge is -2.05. The van der Waals surface area contributed by atoms with Crippen LogP contribution in [0.4, 0.5) is 0 Å². The molecule has 0 radical (unpaired) electrons. The molecule has 0 bridgehead atoms. The molecule has 5 aromatic rings. The molecule has 1 saturated carbocycles. The molecule has 0 amide bonds. The fourth-order valence-electron chi connectivity index (χ4n) is 4.28. The van der Waals surface area contributed by atoms with E-state index in [9.17, 15) is 0 Å². The molecule has 7 heteroatoms. The second kappa shape index (κ2) is 7.50. The zero-order chi connectivity index (χ0) is 20.6. The highest BCUT2D eigenvalue weighted by molar-refractivity contribution is 5.75. The fraction of sp³-hybridized carbons (Fsp3) is 0.250. The number of para-hydroxylation sites is 2. The second-order valence-electron chi connectivity index (χ2n) is 8.03. The van der Waals surface area contributed by atoms with Crippen molar-refractivity contribution in [3.05, 3.63) is 72.6 Å². The van der Waals surface area contributed by atoms with E-state index in [0.29, 0.717) is 23.3 Å². The molecule has 1 aliphatic rings. The van der Waals surface area contributed by atoms with E-state index in [4.69, 9.17) is 8.94 Å². The summed E-state index contributed by atoms with van der Waals surface area (Å²) in [5, 5.41) is 4.13. The molecule has 0 spiro atoms. The molecule has 154 valence electrons. The third-order valence-corrected chi connectivity index (χ3v) is 5.96. The van der Waals surface area contributed by atoms with Crippen LogP contribution in [0.1, 0.15) is 43.1 Å². The number of fused-ring (bicyclic) bond motifs is 1. The lowest BCUT2D eigenvalue weighted by Crippen LogP contribution is -1.97. The van der Waals surface area contributed by atoms with Gasteiger partial charge in [0.25, 0.3) is 5.89 Å². The van der Waals surface area contributed by atoms with Crippen molar-refractivity contribution in [1.82, 2.24) is 24.7 Å². The summed E-state index contributed by atoms with van der Waals surface area (Å²) in [6, 6.07) is 16.3. The smallest absolute Gasteiger partial charge is 0.280 e. The van der Waals surface area contributed by atoms with Gasteiger partial charge in [0.1, 0.15) is 6.26 Å². The molecule has 6 rings (SSSR count). The van der Waals surface area contributed by atoms with Gasteiger partial charge < -0.3 is 13.5 Å². The van der Waals surface area contributed by atoms with Gasteiger partial charge in [-0.3, -0.25) is 0 Å². The topological polar surface area (TPSA) is 82.8 Å². The van der Waals surface area contributed by atoms with Crippen molar-refractivity contribution in [2.24, 2.45) is 0 Å². The summed E-state index contributed by atoms with van der Waals surface area (Å²) in [6.07, 6.45) is 8.23. The Morgan fingerprint density at radius 2 is 1.81 bits per heavy atom. The second-order valence-corrected chi connectivity index (χ2v) is 8.03. The van der Waals surface area contributed by atoms with E-state index in [0.717, 1.165) is 41.9 Å². The summed E-state index contributed by atoms with van der Waals surface area (Å²) in [5.41, 5.74) is 4.80. The Bertz CT molecular complexity index is 1330. The van der Waals surface area contributed by atoms with Crippen LogP contribution in [0.3, 0.4) is 0 Å². The van der Waals surface area contributed by atoms with E-state index in [1.54, 1.807) is 6.26 Å². The van der Waals surface area contributed by atoms with E-state index in [1.165, 1.54) is 18.4 Å². The van der Waals surface area contributed by atoms with E-state index in [1.807, 2.05) is 36.7 Å². The Morgan fingerprint density at radius 1 is 0.968 bits per heavy atom. The van der Waals surface area contributed by atoms with Crippen LogP contribution in [0.15, 0.2) is 70.1 Å². The highest BCUT2D eigenvalue weighted by Crippen LogP contribution is 2.34. The molecule has 2 aromatic carbocycles. The van der Waals surface area contributed by atoms with Crippen LogP contribution in [0.25, 0.3) is 34.0 Å². The third-order valence-electron chi connectivity index (χ3n) is 5.96. The summed E-state index contributed by atoms with van der Waals surface area (Å²) in [5.74, 6) is 2.12. The Balaban J connectivity index is 1.20. The molecule has 0 unspecified atom stereocenters. The van der Waals surface area contributed by atoms with Crippen molar-refractivity contribution >= 4 is 11.0 Å². The van der Waals surface area contributed by atoms with Crippen LogP contribution in [0.5, 0.6) is 0 Å². The number of aromatic nitrogens is 5. The maximum atomic E-state index is 5.67. The number of oxazole rings is 1. The van der Waals surface area contributed by atoms with E-state index in [2.05, 4.69) is 42.9 Å².